The number of para-hydroxylation sites is 2. The van der Waals surface area contributed by atoms with Crippen molar-refractivity contribution in [1.29, 1.82) is 0 Å². The van der Waals surface area contributed by atoms with Crippen molar-refractivity contribution in [2.75, 3.05) is 6.26 Å². The Hall–Kier alpha value is -3.56. The van der Waals surface area contributed by atoms with Gasteiger partial charge in [0.05, 0.1) is 11.8 Å². The first kappa shape index (κ1) is 24.1. The molecular formula is C27H23F3N2O3S. The molecule has 2 heterocycles. The highest BCUT2D eigenvalue weighted by molar-refractivity contribution is 7.86. The summed E-state index contributed by atoms with van der Waals surface area (Å²) in [6.45, 7) is 3.59. The quantitative estimate of drug-likeness (QED) is 0.262. The molecule has 186 valence electrons. The van der Waals surface area contributed by atoms with Crippen molar-refractivity contribution in [3.63, 3.8) is 0 Å². The van der Waals surface area contributed by atoms with E-state index in [-0.39, 0.29) is 5.56 Å². The molecule has 0 radical (unpaired) electrons. The van der Waals surface area contributed by atoms with Gasteiger partial charge in [0.15, 0.2) is 5.60 Å². The maximum atomic E-state index is 13.4. The van der Waals surface area contributed by atoms with E-state index in [0.717, 1.165) is 29.4 Å². The Kier molecular flexibility index (Phi) is 5.53. The van der Waals surface area contributed by atoms with Crippen LogP contribution in [0, 0.1) is 13.8 Å². The summed E-state index contributed by atoms with van der Waals surface area (Å²) < 4.78 is 72.2. The number of fused-ring (bicyclic) bond motifs is 2. The van der Waals surface area contributed by atoms with Crippen LogP contribution >= 0.6 is 0 Å². The minimum absolute atomic E-state index is 0.252. The molecule has 3 aromatic carbocycles. The van der Waals surface area contributed by atoms with E-state index in [1.54, 1.807) is 13.8 Å². The molecule has 0 aliphatic carbocycles. The molecule has 5 nitrogen and oxygen atoms in total. The van der Waals surface area contributed by atoms with Crippen molar-refractivity contribution < 1.29 is 25.8 Å². The first-order valence-electron chi connectivity index (χ1n) is 11.2. The molecule has 0 atom stereocenters. The number of rotatable bonds is 5. The van der Waals surface area contributed by atoms with Crippen molar-refractivity contribution in [1.82, 2.24) is 9.97 Å². The molecule has 2 aromatic heterocycles. The summed E-state index contributed by atoms with van der Waals surface area (Å²) >= 11 is 0. The van der Waals surface area contributed by atoms with Gasteiger partial charge in [-0.05, 0) is 43.7 Å². The van der Waals surface area contributed by atoms with Gasteiger partial charge < -0.3 is 9.97 Å². The Morgan fingerprint density at radius 2 is 1.11 bits per heavy atom. The lowest BCUT2D eigenvalue weighted by Gasteiger charge is -2.35. The molecule has 0 unspecified atom stereocenters. The number of hydrogen-bond donors (Lipinski definition) is 2. The third-order valence-corrected chi connectivity index (χ3v) is 6.94. The van der Waals surface area contributed by atoms with Crippen LogP contribution in [0.1, 0.15) is 33.6 Å². The average molecular weight is 513 g/mol. The lowest BCUT2D eigenvalue weighted by Crippen LogP contribution is -2.36. The van der Waals surface area contributed by atoms with E-state index in [2.05, 4.69) is 9.97 Å². The Morgan fingerprint density at radius 1 is 0.694 bits per heavy atom. The van der Waals surface area contributed by atoms with Gasteiger partial charge in [-0.25, -0.2) is 4.18 Å². The Labute approximate surface area is 206 Å². The lowest BCUT2D eigenvalue weighted by atomic mass is 9.77. The number of H-pyrrole nitrogens is 2. The number of alkyl halides is 3. The van der Waals surface area contributed by atoms with E-state index >= 15 is 0 Å². The van der Waals surface area contributed by atoms with Crippen LogP contribution < -0.4 is 0 Å². The van der Waals surface area contributed by atoms with Gasteiger partial charge in [0.1, 0.15) is 0 Å². The molecule has 0 saturated carbocycles. The normalized spacial score (nSPS) is 13.1. The van der Waals surface area contributed by atoms with E-state index in [1.165, 1.54) is 12.1 Å². The first-order chi connectivity index (χ1) is 16.9. The summed E-state index contributed by atoms with van der Waals surface area (Å²) in [6.07, 6.45) is -3.60. The molecule has 0 saturated heterocycles. The van der Waals surface area contributed by atoms with Crippen molar-refractivity contribution in [3.05, 3.63) is 106 Å². The average Bonchev–Trinajstić information content (AvgIpc) is 3.32. The van der Waals surface area contributed by atoms with Crippen molar-refractivity contribution in [2.24, 2.45) is 0 Å². The Bertz CT molecular complexity index is 1620. The van der Waals surface area contributed by atoms with Gasteiger partial charge in [0.2, 0.25) is 0 Å². The molecule has 0 spiro atoms. The summed E-state index contributed by atoms with van der Waals surface area (Å²) in [4.78, 5) is 6.58. The van der Waals surface area contributed by atoms with Gasteiger partial charge in [-0.3, -0.25) is 0 Å². The third-order valence-electron chi connectivity index (χ3n) is 6.39. The number of nitrogens with one attached hydrogen (secondary N) is 2. The molecule has 0 bridgehead atoms. The third kappa shape index (κ3) is 3.88. The molecule has 2 N–H and O–H groups in total. The molecular weight excluding hydrogens is 489 g/mol. The predicted octanol–water partition coefficient (Wildman–Crippen LogP) is 6.55. The van der Waals surface area contributed by atoms with Gasteiger partial charge in [0.25, 0.3) is 10.1 Å². The highest BCUT2D eigenvalue weighted by Crippen LogP contribution is 2.49. The van der Waals surface area contributed by atoms with E-state index in [0.29, 0.717) is 33.3 Å². The monoisotopic (exact) mass is 512 g/mol. The van der Waals surface area contributed by atoms with E-state index in [1.807, 2.05) is 48.5 Å². The molecule has 0 amide bonds. The lowest BCUT2D eigenvalue weighted by molar-refractivity contribution is -0.137. The number of aryl methyl sites for hydroxylation is 2. The van der Waals surface area contributed by atoms with E-state index in [9.17, 15) is 21.6 Å². The van der Waals surface area contributed by atoms with Crippen molar-refractivity contribution >= 4 is 31.9 Å². The summed E-state index contributed by atoms with van der Waals surface area (Å²) in [5, 5.41) is 1.39. The summed E-state index contributed by atoms with van der Waals surface area (Å²) in [6, 6.07) is 19.2. The van der Waals surface area contributed by atoms with E-state index < -0.39 is 27.5 Å². The fraction of sp³-hybridized carbons (Fsp3) is 0.185. The van der Waals surface area contributed by atoms with Gasteiger partial charge in [-0.15, -0.1) is 0 Å². The van der Waals surface area contributed by atoms with Gasteiger partial charge in [0, 0.05) is 44.3 Å². The molecule has 5 aromatic rings. The molecule has 0 fully saturated rings. The van der Waals surface area contributed by atoms with Crippen molar-refractivity contribution in [3.8, 4) is 0 Å². The van der Waals surface area contributed by atoms with Crippen LogP contribution in [0.2, 0.25) is 0 Å². The molecule has 36 heavy (non-hydrogen) atoms. The predicted molar refractivity (Wildman–Crippen MR) is 133 cm³/mol. The minimum Gasteiger partial charge on any atom is -0.358 e. The molecule has 0 aliphatic rings. The topological polar surface area (TPSA) is 75.0 Å². The van der Waals surface area contributed by atoms with Crippen LogP contribution in [-0.4, -0.2) is 24.6 Å². The van der Waals surface area contributed by atoms with Crippen LogP contribution in [0.3, 0.4) is 0 Å². The molecule has 0 aliphatic heterocycles. The Morgan fingerprint density at radius 3 is 1.53 bits per heavy atom. The van der Waals surface area contributed by atoms with Crippen LogP contribution in [-0.2, 0) is 26.1 Å². The highest BCUT2D eigenvalue weighted by atomic mass is 32.2. The summed E-state index contributed by atoms with van der Waals surface area (Å²) in [7, 11) is -4.14. The standard InChI is InChI=1S/C27H23F3N2O3S/c1-16-24(20-8-4-6-10-22(20)31-16)26(35-36(3,33)34,18-12-14-19(15-13-18)27(28,29)30)25-17(2)32-23-11-7-5-9-21(23)25/h4-15,31-32H,1-3H3. The van der Waals surface area contributed by atoms with Crippen LogP contribution in [0.4, 0.5) is 13.2 Å². The zero-order valence-corrected chi connectivity index (χ0v) is 20.5. The molecule has 5 rings (SSSR count). The second-order valence-electron chi connectivity index (χ2n) is 8.88. The van der Waals surface area contributed by atoms with Gasteiger partial charge in [-0.1, -0.05) is 48.5 Å². The zero-order chi connectivity index (χ0) is 25.9. The SMILES string of the molecule is Cc1[nH]c2ccccc2c1C(OS(C)(=O)=O)(c1ccc(C(F)(F)F)cc1)c1c(C)[nH]c2ccccc12. The van der Waals surface area contributed by atoms with Crippen LogP contribution in [0.25, 0.3) is 21.8 Å². The van der Waals surface area contributed by atoms with Gasteiger partial charge >= 0.3 is 6.18 Å². The Balaban J connectivity index is 1.99. The number of aromatic amines is 2. The fourth-order valence-electron chi connectivity index (χ4n) is 5.13. The van der Waals surface area contributed by atoms with E-state index in [4.69, 9.17) is 4.18 Å². The van der Waals surface area contributed by atoms with Crippen molar-refractivity contribution in [2.45, 2.75) is 25.6 Å². The highest BCUT2D eigenvalue weighted by Gasteiger charge is 2.47. The summed E-state index contributed by atoms with van der Waals surface area (Å²) in [5.74, 6) is 0. The van der Waals surface area contributed by atoms with Crippen LogP contribution in [0.5, 0.6) is 0 Å². The smallest absolute Gasteiger partial charge is 0.358 e. The maximum absolute atomic E-state index is 13.4. The number of benzene rings is 3. The number of hydrogen-bond acceptors (Lipinski definition) is 3. The summed E-state index contributed by atoms with van der Waals surface area (Å²) in [5.41, 5.74) is 1.39. The maximum Gasteiger partial charge on any atom is 0.416 e. The van der Waals surface area contributed by atoms with Crippen LogP contribution in [0.15, 0.2) is 72.8 Å². The first-order valence-corrected chi connectivity index (χ1v) is 13.0. The second-order valence-corrected chi connectivity index (χ2v) is 10.5. The van der Waals surface area contributed by atoms with Gasteiger partial charge in [-0.2, -0.15) is 21.6 Å². The zero-order valence-electron chi connectivity index (χ0n) is 19.7. The number of halogens is 3. The minimum atomic E-state index is -4.55. The second kappa shape index (κ2) is 8.25. The largest absolute Gasteiger partial charge is 0.416 e. The fourth-order valence-corrected chi connectivity index (χ4v) is 5.84. The molecule has 9 heteroatoms. The number of aromatic nitrogens is 2.